The van der Waals surface area contributed by atoms with Gasteiger partial charge in [0.1, 0.15) is 4.90 Å². The second-order valence-corrected chi connectivity index (χ2v) is 7.13. The van der Waals surface area contributed by atoms with Gasteiger partial charge in [-0.05, 0) is 37.0 Å². The lowest BCUT2D eigenvalue weighted by Crippen LogP contribution is -2.24. The van der Waals surface area contributed by atoms with Crippen LogP contribution in [0.2, 0.25) is 0 Å². The van der Waals surface area contributed by atoms with Crippen molar-refractivity contribution in [3.63, 3.8) is 0 Å². The van der Waals surface area contributed by atoms with Crippen molar-refractivity contribution in [1.82, 2.24) is 9.71 Å². The molecule has 0 bridgehead atoms. The van der Waals surface area contributed by atoms with Crippen molar-refractivity contribution in [3.05, 3.63) is 24.4 Å². The molecule has 0 aliphatic carbocycles. The SMILES string of the molecule is CC(C)CCCNS(=O)(=O)c1c[nH]c2ccc(N)cc12. The predicted molar refractivity (Wildman–Crippen MR) is 82.0 cm³/mol. The molecule has 2 aromatic rings. The van der Waals surface area contributed by atoms with E-state index in [1.165, 1.54) is 6.20 Å². The lowest BCUT2D eigenvalue weighted by atomic mass is 10.1. The summed E-state index contributed by atoms with van der Waals surface area (Å²) in [6, 6.07) is 5.20. The quantitative estimate of drug-likeness (QED) is 0.565. The molecule has 110 valence electrons. The fourth-order valence-corrected chi connectivity index (χ4v) is 3.37. The number of fused-ring (bicyclic) bond motifs is 1. The molecule has 0 amide bonds. The van der Waals surface area contributed by atoms with Gasteiger partial charge in [0.15, 0.2) is 0 Å². The van der Waals surface area contributed by atoms with Gasteiger partial charge in [0.05, 0.1) is 0 Å². The fourth-order valence-electron chi connectivity index (χ4n) is 2.13. The summed E-state index contributed by atoms with van der Waals surface area (Å²) < 4.78 is 27.2. The zero-order valence-corrected chi connectivity index (χ0v) is 12.6. The first-order chi connectivity index (χ1) is 9.40. The monoisotopic (exact) mass is 295 g/mol. The van der Waals surface area contributed by atoms with Crippen molar-refractivity contribution >= 4 is 26.6 Å². The maximum Gasteiger partial charge on any atom is 0.242 e. The van der Waals surface area contributed by atoms with Gasteiger partial charge in [0.2, 0.25) is 10.0 Å². The number of benzene rings is 1. The van der Waals surface area contributed by atoms with Crippen LogP contribution in [0.1, 0.15) is 26.7 Å². The highest BCUT2D eigenvalue weighted by atomic mass is 32.2. The Balaban J connectivity index is 2.17. The van der Waals surface area contributed by atoms with Gasteiger partial charge in [0.25, 0.3) is 0 Å². The van der Waals surface area contributed by atoms with Gasteiger partial charge in [-0.2, -0.15) is 0 Å². The fraction of sp³-hybridized carbons (Fsp3) is 0.429. The Morgan fingerprint density at radius 1 is 1.35 bits per heavy atom. The topological polar surface area (TPSA) is 88.0 Å². The number of nitrogens with one attached hydrogen (secondary N) is 2. The van der Waals surface area contributed by atoms with Crippen molar-refractivity contribution in [1.29, 1.82) is 0 Å². The number of anilines is 1. The molecule has 0 saturated carbocycles. The summed E-state index contributed by atoms with van der Waals surface area (Å²) in [5.74, 6) is 0.576. The smallest absolute Gasteiger partial charge is 0.242 e. The highest BCUT2D eigenvalue weighted by Gasteiger charge is 2.18. The highest BCUT2D eigenvalue weighted by molar-refractivity contribution is 7.89. The number of sulfonamides is 1. The first-order valence-electron chi connectivity index (χ1n) is 6.76. The van der Waals surface area contributed by atoms with Crippen LogP contribution in [-0.4, -0.2) is 19.9 Å². The second kappa shape index (κ2) is 5.85. The molecule has 0 spiro atoms. The number of aromatic nitrogens is 1. The van der Waals surface area contributed by atoms with Gasteiger partial charge in [-0.25, -0.2) is 13.1 Å². The van der Waals surface area contributed by atoms with Crippen LogP contribution in [0.5, 0.6) is 0 Å². The van der Waals surface area contributed by atoms with Gasteiger partial charge in [-0.1, -0.05) is 13.8 Å². The molecular formula is C14H21N3O2S. The molecule has 0 fully saturated rings. The van der Waals surface area contributed by atoms with Crippen molar-refractivity contribution in [2.45, 2.75) is 31.6 Å². The Morgan fingerprint density at radius 2 is 2.10 bits per heavy atom. The van der Waals surface area contributed by atoms with Crippen LogP contribution >= 0.6 is 0 Å². The lowest BCUT2D eigenvalue weighted by molar-refractivity contribution is 0.540. The summed E-state index contributed by atoms with van der Waals surface area (Å²) in [7, 11) is -3.50. The van der Waals surface area contributed by atoms with Gasteiger partial charge < -0.3 is 10.7 Å². The molecule has 1 heterocycles. The Bertz CT molecular complexity index is 690. The van der Waals surface area contributed by atoms with Crippen LogP contribution < -0.4 is 10.5 Å². The van der Waals surface area contributed by atoms with E-state index in [2.05, 4.69) is 23.6 Å². The number of hydrogen-bond acceptors (Lipinski definition) is 3. The van der Waals surface area contributed by atoms with Crippen molar-refractivity contribution in [2.24, 2.45) is 5.92 Å². The van der Waals surface area contributed by atoms with E-state index < -0.39 is 10.0 Å². The molecule has 0 radical (unpaired) electrons. The summed E-state index contributed by atoms with van der Waals surface area (Å²) in [5.41, 5.74) is 7.04. The second-order valence-electron chi connectivity index (χ2n) is 5.39. The number of rotatable bonds is 6. The van der Waals surface area contributed by atoms with Crippen LogP contribution in [-0.2, 0) is 10.0 Å². The molecule has 0 atom stereocenters. The highest BCUT2D eigenvalue weighted by Crippen LogP contribution is 2.24. The molecule has 20 heavy (non-hydrogen) atoms. The van der Waals surface area contributed by atoms with E-state index in [-0.39, 0.29) is 4.90 Å². The molecule has 4 N–H and O–H groups in total. The molecule has 1 aromatic heterocycles. The molecule has 2 rings (SSSR count). The summed E-state index contributed by atoms with van der Waals surface area (Å²) in [6.07, 6.45) is 3.35. The standard InChI is InChI=1S/C14H21N3O2S/c1-10(2)4-3-7-17-20(18,19)14-9-16-13-6-5-11(15)8-12(13)14/h5-6,8-10,16-17H,3-4,7,15H2,1-2H3. The predicted octanol–water partition coefficient (Wildman–Crippen LogP) is 2.46. The third kappa shape index (κ3) is 3.32. The zero-order chi connectivity index (χ0) is 14.8. The molecule has 0 aliphatic rings. The summed E-state index contributed by atoms with van der Waals surface area (Å²) in [6.45, 7) is 4.70. The third-order valence-electron chi connectivity index (χ3n) is 3.21. The number of H-pyrrole nitrogens is 1. The largest absolute Gasteiger partial charge is 0.399 e. The molecular weight excluding hydrogens is 274 g/mol. The van der Waals surface area contributed by atoms with Crippen molar-refractivity contribution in [3.8, 4) is 0 Å². The first kappa shape index (κ1) is 14.9. The van der Waals surface area contributed by atoms with Crippen LogP contribution in [0, 0.1) is 5.92 Å². The van der Waals surface area contributed by atoms with E-state index in [1.54, 1.807) is 18.2 Å². The Hall–Kier alpha value is -1.53. The van der Waals surface area contributed by atoms with E-state index in [4.69, 9.17) is 5.73 Å². The van der Waals surface area contributed by atoms with Gasteiger partial charge in [0, 0.05) is 29.3 Å². The zero-order valence-electron chi connectivity index (χ0n) is 11.8. The van der Waals surface area contributed by atoms with E-state index in [1.807, 2.05) is 0 Å². The van der Waals surface area contributed by atoms with Crippen LogP contribution in [0.15, 0.2) is 29.3 Å². The minimum absolute atomic E-state index is 0.254. The van der Waals surface area contributed by atoms with Crippen LogP contribution in [0.3, 0.4) is 0 Å². The third-order valence-corrected chi connectivity index (χ3v) is 4.71. The van der Waals surface area contributed by atoms with Crippen molar-refractivity contribution in [2.75, 3.05) is 12.3 Å². The Kier molecular flexibility index (Phi) is 4.35. The number of nitrogen functional groups attached to an aromatic ring is 1. The minimum Gasteiger partial charge on any atom is -0.399 e. The minimum atomic E-state index is -3.50. The van der Waals surface area contributed by atoms with E-state index in [9.17, 15) is 8.42 Å². The molecule has 0 saturated heterocycles. The van der Waals surface area contributed by atoms with E-state index >= 15 is 0 Å². The molecule has 0 unspecified atom stereocenters. The van der Waals surface area contributed by atoms with Gasteiger partial charge in [-0.15, -0.1) is 0 Å². The normalized spacial score (nSPS) is 12.3. The Morgan fingerprint density at radius 3 is 2.80 bits per heavy atom. The van der Waals surface area contributed by atoms with Crippen molar-refractivity contribution < 1.29 is 8.42 Å². The first-order valence-corrected chi connectivity index (χ1v) is 8.25. The number of aromatic amines is 1. The van der Waals surface area contributed by atoms with Crippen LogP contribution in [0.25, 0.3) is 10.9 Å². The van der Waals surface area contributed by atoms with E-state index in [0.29, 0.717) is 23.5 Å². The maximum absolute atomic E-state index is 12.3. The maximum atomic E-state index is 12.3. The lowest BCUT2D eigenvalue weighted by Gasteiger charge is -2.07. The molecule has 0 aliphatic heterocycles. The molecule has 5 nitrogen and oxygen atoms in total. The number of nitrogens with two attached hydrogens (primary N) is 1. The average Bonchev–Trinajstić information content (AvgIpc) is 2.78. The number of hydrogen-bond donors (Lipinski definition) is 3. The summed E-state index contributed by atoms with van der Waals surface area (Å²) >= 11 is 0. The van der Waals surface area contributed by atoms with E-state index in [0.717, 1.165) is 18.4 Å². The average molecular weight is 295 g/mol. The molecule has 1 aromatic carbocycles. The molecule has 6 heteroatoms. The van der Waals surface area contributed by atoms with Crippen LogP contribution in [0.4, 0.5) is 5.69 Å². The summed E-state index contributed by atoms with van der Waals surface area (Å²) in [4.78, 5) is 3.21. The Labute approximate surface area is 119 Å². The van der Waals surface area contributed by atoms with Gasteiger partial charge in [-0.3, -0.25) is 0 Å². The summed E-state index contributed by atoms with van der Waals surface area (Å²) in [5, 5.41) is 0.626. The van der Waals surface area contributed by atoms with Gasteiger partial charge >= 0.3 is 0 Å².